The predicted octanol–water partition coefficient (Wildman–Crippen LogP) is 5.91. The molecule has 10 heteroatoms. The third-order valence-electron chi connectivity index (χ3n) is 4.76. The van der Waals surface area contributed by atoms with Gasteiger partial charge in [-0.1, -0.05) is 17.7 Å². The van der Waals surface area contributed by atoms with Crippen LogP contribution in [0.5, 0.6) is 0 Å². The lowest BCUT2D eigenvalue weighted by Crippen LogP contribution is -2.26. The Bertz CT molecular complexity index is 1420. The first-order chi connectivity index (χ1) is 15.2. The number of benzene rings is 3. The Kier molecular flexibility index (Phi) is 5.89. The van der Waals surface area contributed by atoms with E-state index in [1.807, 2.05) is 0 Å². The van der Waals surface area contributed by atoms with E-state index in [0.717, 1.165) is 27.8 Å². The van der Waals surface area contributed by atoms with Crippen LogP contribution in [0.3, 0.4) is 0 Å². The van der Waals surface area contributed by atoms with Crippen molar-refractivity contribution in [3.8, 4) is 0 Å². The van der Waals surface area contributed by atoms with Gasteiger partial charge in [-0.25, -0.2) is 17.2 Å². The molecule has 0 fully saturated rings. The Hall–Kier alpha value is -3.01. The van der Waals surface area contributed by atoms with E-state index in [2.05, 4.69) is 5.32 Å². The van der Waals surface area contributed by atoms with Gasteiger partial charge in [-0.3, -0.25) is 9.10 Å². The maximum absolute atomic E-state index is 13.8. The topological polar surface area (TPSA) is 66.5 Å². The molecule has 1 aromatic heterocycles. The van der Waals surface area contributed by atoms with Gasteiger partial charge in [-0.05, 0) is 66.0 Å². The third-order valence-corrected chi connectivity index (χ3v) is 7.93. The van der Waals surface area contributed by atoms with Crippen molar-refractivity contribution in [1.29, 1.82) is 0 Å². The molecular formula is C22H15ClF2N2O3S2. The molecule has 4 rings (SSSR count). The molecule has 1 N–H and O–H groups in total. The van der Waals surface area contributed by atoms with Crippen LogP contribution >= 0.6 is 22.9 Å². The molecule has 1 heterocycles. The Morgan fingerprint density at radius 1 is 1.00 bits per heavy atom. The van der Waals surface area contributed by atoms with Gasteiger partial charge in [0.2, 0.25) is 0 Å². The van der Waals surface area contributed by atoms with Gasteiger partial charge in [-0.15, -0.1) is 11.3 Å². The molecule has 0 bridgehead atoms. The number of sulfonamides is 1. The molecule has 0 aliphatic rings. The number of carbonyl (C=O) groups is 1. The molecule has 0 aliphatic heterocycles. The minimum atomic E-state index is -3.82. The van der Waals surface area contributed by atoms with Crippen LogP contribution in [0, 0.1) is 11.6 Å². The molecule has 0 saturated heterocycles. The molecule has 3 aromatic carbocycles. The summed E-state index contributed by atoms with van der Waals surface area (Å²) in [7, 11) is -2.40. The van der Waals surface area contributed by atoms with E-state index in [1.54, 1.807) is 24.3 Å². The first kappa shape index (κ1) is 22.2. The zero-order valence-corrected chi connectivity index (χ0v) is 18.9. The first-order valence-corrected chi connectivity index (χ1v) is 11.8. The predicted molar refractivity (Wildman–Crippen MR) is 123 cm³/mol. The summed E-state index contributed by atoms with van der Waals surface area (Å²) in [5.74, 6) is -2.43. The molecule has 0 atom stereocenters. The standard InChI is InChI=1S/C22H15ClF2N2O3S2/c1-27(32(29,30)16-8-5-14(23)6-9-16)15-7-10-19-13(11-15)12-20(31-19)22(28)26-21-17(24)3-2-4-18(21)25/h2-12H,1H3,(H,26,28). The van der Waals surface area contributed by atoms with E-state index in [0.29, 0.717) is 20.8 Å². The van der Waals surface area contributed by atoms with E-state index >= 15 is 0 Å². The van der Waals surface area contributed by atoms with Gasteiger partial charge < -0.3 is 5.32 Å². The Labute approximate surface area is 191 Å². The van der Waals surface area contributed by atoms with Crippen LogP contribution in [0.1, 0.15) is 9.67 Å². The number of thiophene rings is 1. The summed E-state index contributed by atoms with van der Waals surface area (Å²) in [5.41, 5.74) is -0.137. The van der Waals surface area contributed by atoms with Gasteiger partial charge in [-0.2, -0.15) is 0 Å². The van der Waals surface area contributed by atoms with E-state index in [1.165, 1.54) is 37.4 Å². The number of para-hydroxylation sites is 1. The SMILES string of the molecule is CN(c1ccc2sc(C(=O)Nc3c(F)cccc3F)cc2c1)S(=O)(=O)c1ccc(Cl)cc1. The van der Waals surface area contributed by atoms with Crippen molar-refractivity contribution in [3.05, 3.63) is 88.3 Å². The van der Waals surface area contributed by atoms with Crippen LogP contribution < -0.4 is 9.62 Å². The second-order valence-corrected chi connectivity index (χ2v) is 10.3. The summed E-state index contributed by atoms with van der Waals surface area (Å²) >= 11 is 6.96. The molecule has 5 nitrogen and oxygen atoms in total. The molecule has 164 valence electrons. The maximum Gasteiger partial charge on any atom is 0.265 e. The number of nitrogens with one attached hydrogen (secondary N) is 1. The van der Waals surface area contributed by atoms with E-state index in [9.17, 15) is 22.0 Å². The Morgan fingerprint density at radius 2 is 1.66 bits per heavy atom. The number of fused-ring (bicyclic) bond motifs is 1. The van der Waals surface area contributed by atoms with Crippen LogP contribution in [0.25, 0.3) is 10.1 Å². The van der Waals surface area contributed by atoms with Crippen LogP contribution in [0.2, 0.25) is 5.02 Å². The highest BCUT2D eigenvalue weighted by molar-refractivity contribution is 7.92. The van der Waals surface area contributed by atoms with Crippen LogP contribution in [-0.4, -0.2) is 21.4 Å². The first-order valence-electron chi connectivity index (χ1n) is 9.20. The van der Waals surface area contributed by atoms with E-state index in [-0.39, 0.29) is 9.77 Å². The highest BCUT2D eigenvalue weighted by atomic mass is 35.5. The largest absolute Gasteiger partial charge is 0.316 e. The van der Waals surface area contributed by atoms with Gasteiger partial charge in [0, 0.05) is 16.8 Å². The zero-order valence-electron chi connectivity index (χ0n) is 16.5. The lowest BCUT2D eigenvalue weighted by Gasteiger charge is -2.19. The fourth-order valence-corrected chi connectivity index (χ4v) is 5.29. The van der Waals surface area contributed by atoms with Gasteiger partial charge in [0.1, 0.15) is 17.3 Å². The second kappa shape index (κ2) is 8.50. The van der Waals surface area contributed by atoms with Crippen LogP contribution in [-0.2, 0) is 10.0 Å². The van der Waals surface area contributed by atoms with Crippen molar-refractivity contribution < 1.29 is 22.0 Å². The third kappa shape index (κ3) is 4.19. The molecular weight excluding hydrogens is 478 g/mol. The summed E-state index contributed by atoms with van der Waals surface area (Å²) in [5, 5.41) is 3.29. The van der Waals surface area contributed by atoms with E-state index < -0.39 is 33.3 Å². The average Bonchev–Trinajstić information content (AvgIpc) is 3.19. The van der Waals surface area contributed by atoms with Crippen molar-refractivity contribution >= 4 is 60.3 Å². The smallest absolute Gasteiger partial charge is 0.265 e. The Morgan fingerprint density at radius 3 is 2.31 bits per heavy atom. The number of hydrogen-bond acceptors (Lipinski definition) is 4. The molecule has 0 unspecified atom stereocenters. The van der Waals surface area contributed by atoms with Gasteiger partial charge >= 0.3 is 0 Å². The van der Waals surface area contributed by atoms with Gasteiger partial charge in [0.05, 0.1) is 15.5 Å². The summed E-state index contributed by atoms with van der Waals surface area (Å²) < 4.78 is 55.3. The normalized spacial score (nSPS) is 11.5. The molecule has 4 aromatic rings. The monoisotopic (exact) mass is 492 g/mol. The second-order valence-electron chi connectivity index (χ2n) is 6.81. The summed E-state index contributed by atoms with van der Waals surface area (Å²) in [6, 6.07) is 15.6. The summed E-state index contributed by atoms with van der Waals surface area (Å²) in [4.78, 5) is 12.8. The summed E-state index contributed by atoms with van der Waals surface area (Å²) in [6.07, 6.45) is 0. The minimum Gasteiger partial charge on any atom is -0.316 e. The van der Waals surface area contributed by atoms with Crippen molar-refractivity contribution in [2.75, 3.05) is 16.7 Å². The number of carbonyl (C=O) groups excluding carboxylic acids is 1. The fraction of sp³-hybridized carbons (Fsp3) is 0.0455. The molecule has 0 radical (unpaired) electrons. The number of amides is 1. The molecule has 0 saturated carbocycles. The molecule has 0 aliphatic carbocycles. The molecule has 32 heavy (non-hydrogen) atoms. The quantitative estimate of drug-likeness (QED) is 0.376. The summed E-state index contributed by atoms with van der Waals surface area (Å²) in [6.45, 7) is 0. The van der Waals surface area contributed by atoms with Crippen LogP contribution in [0.15, 0.2) is 71.6 Å². The van der Waals surface area contributed by atoms with Crippen molar-refractivity contribution in [1.82, 2.24) is 0 Å². The molecule has 0 spiro atoms. The van der Waals surface area contributed by atoms with Crippen LogP contribution in [0.4, 0.5) is 20.2 Å². The molecule has 1 amide bonds. The average molecular weight is 493 g/mol. The Balaban J connectivity index is 1.63. The number of hydrogen-bond donors (Lipinski definition) is 1. The zero-order chi connectivity index (χ0) is 23.0. The minimum absolute atomic E-state index is 0.0850. The highest BCUT2D eigenvalue weighted by Gasteiger charge is 2.22. The van der Waals surface area contributed by atoms with Crippen molar-refractivity contribution in [3.63, 3.8) is 0 Å². The lowest BCUT2D eigenvalue weighted by atomic mass is 10.2. The maximum atomic E-state index is 13.8. The fourth-order valence-electron chi connectivity index (χ4n) is 3.03. The number of anilines is 2. The number of halogens is 3. The van der Waals surface area contributed by atoms with Crippen molar-refractivity contribution in [2.45, 2.75) is 4.90 Å². The van der Waals surface area contributed by atoms with Crippen molar-refractivity contribution in [2.24, 2.45) is 0 Å². The highest BCUT2D eigenvalue weighted by Crippen LogP contribution is 2.32. The number of nitrogens with zero attached hydrogens (tertiary/aromatic N) is 1. The number of rotatable bonds is 5. The van der Waals surface area contributed by atoms with E-state index in [4.69, 9.17) is 11.6 Å². The lowest BCUT2D eigenvalue weighted by molar-refractivity contribution is 0.102. The van der Waals surface area contributed by atoms with Gasteiger partial charge in [0.25, 0.3) is 15.9 Å². The van der Waals surface area contributed by atoms with Gasteiger partial charge in [0.15, 0.2) is 0 Å².